The average Bonchev–Trinajstić information content (AvgIpc) is 2.41. The number of anilines is 1. The summed E-state index contributed by atoms with van der Waals surface area (Å²) >= 11 is 0. The molecule has 0 radical (unpaired) electrons. The first kappa shape index (κ1) is 13.8. The predicted molar refractivity (Wildman–Crippen MR) is 73.1 cm³/mol. The molecule has 1 aromatic rings. The van der Waals surface area contributed by atoms with Crippen molar-refractivity contribution in [2.45, 2.75) is 46.0 Å². The predicted octanol–water partition coefficient (Wildman–Crippen LogP) is 2.54. The van der Waals surface area contributed by atoms with Gasteiger partial charge in [0.15, 0.2) is 0 Å². The second-order valence-electron chi connectivity index (χ2n) is 5.43. The minimum absolute atomic E-state index is 0.430. The zero-order valence-corrected chi connectivity index (χ0v) is 11.6. The molecular formula is C14H21N3O2. The topological polar surface area (TPSA) is 75.1 Å². The lowest BCUT2D eigenvalue weighted by atomic mass is 9.74. The Labute approximate surface area is 113 Å². The molecule has 2 N–H and O–H groups in total. The summed E-state index contributed by atoms with van der Waals surface area (Å²) in [5.41, 5.74) is 1.13. The molecule has 0 atom stereocenters. The van der Waals surface area contributed by atoms with Crippen molar-refractivity contribution < 1.29 is 9.90 Å². The van der Waals surface area contributed by atoms with Crippen LogP contribution in [0.5, 0.6) is 0 Å². The molecule has 0 spiro atoms. The highest BCUT2D eigenvalue weighted by molar-refractivity contribution is 5.75. The Morgan fingerprint density at radius 2 is 2.00 bits per heavy atom. The summed E-state index contributed by atoms with van der Waals surface area (Å²) in [5.74, 6) is -0.0363. The Morgan fingerprint density at radius 3 is 2.58 bits per heavy atom. The molecular weight excluding hydrogens is 242 g/mol. The summed E-state index contributed by atoms with van der Waals surface area (Å²) in [6.07, 6.45) is 6.28. The number of aromatic nitrogens is 2. The van der Waals surface area contributed by atoms with Crippen molar-refractivity contribution in [1.29, 1.82) is 0 Å². The number of carbonyl (C=O) groups is 1. The number of hydrogen-bond acceptors (Lipinski definition) is 4. The van der Waals surface area contributed by atoms with Gasteiger partial charge in [0.05, 0.1) is 23.0 Å². The van der Waals surface area contributed by atoms with Crippen molar-refractivity contribution >= 4 is 11.8 Å². The fraction of sp³-hybridized carbons (Fsp3) is 0.643. The lowest BCUT2D eigenvalue weighted by Gasteiger charge is -2.33. The van der Waals surface area contributed by atoms with E-state index >= 15 is 0 Å². The van der Waals surface area contributed by atoms with Gasteiger partial charge >= 0.3 is 5.97 Å². The number of aliphatic carboxylic acids is 1. The van der Waals surface area contributed by atoms with Crippen LogP contribution in [0.25, 0.3) is 0 Å². The molecule has 19 heavy (non-hydrogen) atoms. The lowest BCUT2D eigenvalue weighted by molar-refractivity contribution is -0.150. The number of rotatable bonds is 4. The summed E-state index contributed by atoms with van der Waals surface area (Å²) in [6, 6.07) is 0. The monoisotopic (exact) mass is 263 g/mol. The molecule has 0 saturated heterocycles. The minimum atomic E-state index is -0.698. The van der Waals surface area contributed by atoms with Crippen LogP contribution in [-0.4, -0.2) is 27.6 Å². The highest BCUT2D eigenvalue weighted by Gasteiger charge is 2.39. The quantitative estimate of drug-likeness (QED) is 0.873. The molecule has 1 fully saturated rings. The van der Waals surface area contributed by atoms with Gasteiger partial charge in [-0.2, -0.15) is 0 Å². The Kier molecular flexibility index (Phi) is 4.02. The van der Waals surface area contributed by atoms with Crippen LogP contribution in [0.3, 0.4) is 0 Å². The standard InChI is InChI=1S/C14H21N3O2/c1-10-11(2)17-12(8-15-10)16-9-14(13(18)19)6-4-3-5-7-14/h8H,3-7,9H2,1-2H3,(H,16,17)(H,18,19). The Balaban J connectivity index is 2.06. The molecule has 104 valence electrons. The fourth-order valence-corrected chi connectivity index (χ4v) is 2.58. The maximum absolute atomic E-state index is 11.5. The molecule has 2 rings (SSSR count). The van der Waals surface area contributed by atoms with Crippen LogP contribution in [0.2, 0.25) is 0 Å². The number of nitrogens with one attached hydrogen (secondary N) is 1. The van der Waals surface area contributed by atoms with Gasteiger partial charge in [0.1, 0.15) is 5.82 Å². The third-order valence-electron chi connectivity index (χ3n) is 4.06. The summed E-state index contributed by atoms with van der Waals surface area (Å²) < 4.78 is 0. The fourth-order valence-electron chi connectivity index (χ4n) is 2.58. The van der Waals surface area contributed by atoms with E-state index in [0.29, 0.717) is 12.4 Å². The van der Waals surface area contributed by atoms with Crippen LogP contribution < -0.4 is 5.32 Å². The summed E-state index contributed by atoms with van der Waals surface area (Å²) in [4.78, 5) is 20.2. The molecule has 0 aliphatic heterocycles. The Hall–Kier alpha value is -1.65. The van der Waals surface area contributed by atoms with Crippen LogP contribution >= 0.6 is 0 Å². The zero-order chi connectivity index (χ0) is 13.9. The number of nitrogens with zero attached hydrogens (tertiary/aromatic N) is 2. The molecule has 5 nitrogen and oxygen atoms in total. The first-order chi connectivity index (χ1) is 9.03. The number of hydrogen-bond donors (Lipinski definition) is 2. The van der Waals surface area contributed by atoms with Gasteiger partial charge in [-0.15, -0.1) is 0 Å². The molecule has 1 heterocycles. The minimum Gasteiger partial charge on any atom is -0.481 e. The molecule has 1 aliphatic rings. The second-order valence-corrected chi connectivity index (χ2v) is 5.43. The van der Waals surface area contributed by atoms with E-state index in [0.717, 1.165) is 43.5 Å². The van der Waals surface area contributed by atoms with Gasteiger partial charge in [-0.3, -0.25) is 9.78 Å². The van der Waals surface area contributed by atoms with Gasteiger partial charge in [-0.1, -0.05) is 19.3 Å². The van der Waals surface area contributed by atoms with E-state index in [9.17, 15) is 9.90 Å². The van der Waals surface area contributed by atoms with Crippen molar-refractivity contribution in [3.05, 3.63) is 17.6 Å². The smallest absolute Gasteiger partial charge is 0.311 e. The van der Waals surface area contributed by atoms with E-state index in [1.54, 1.807) is 6.20 Å². The van der Waals surface area contributed by atoms with E-state index in [2.05, 4.69) is 15.3 Å². The SMILES string of the molecule is Cc1ncc(NCC2(C(=O)O)CCCCC2)nc1C. The first-order valence-corrected chi connectivity index (χ1v) is 6.81. The van der Waals surface area contributed by atoms with Gasteiger partial charge < -0.3 is 10.4 Å². The van der Waals surface area contributed by atoms with E-state index in [4.69, 9.17) is 0 Å². The highest BCUT2D eigenvalue weighted by Crippen LogP contribution is 2.36. The largest absolute Gasteiger partial charge is 0.481 e. The van der Waals surface area contributed by atoms with E-state index in [1.165, 1.54) is 0 Å². The normalized spacial score (nSPS) is 18.0. The molecule has 0 bridgehead atoms. The van der Waals surface area contributed by atoms with Gasteiger partial charge in [-0.05, 0) is 26.7 Å². The molecule has 0 amide bonds. The third kappa shape index (κ3) is 3.03. The van der Waals surface area contributed by atoms with E-state index in [-0.39, 0.29) is 0 Å². The zero-order valence-electron chi connectivity index (χ0n) is 11.6. The molecule has 0 unspecified atom stereocenters. The second kappa shape index (κ2) is 5.55. The summed E-state index contributed by atoms with van der Waals surface area (Å²) in [6.45, 7) is 4.24. The molecule has 1 aliphatic carbocycles. The van der Waals surface area contributed by atoms with Crippen LogP contribution in [0.4, 0.5) is 5.82 Å². The molecule has 0 aromatic carbocycles. The van der Waals surface area contributed by atoms with Gasteiger partial charge in [0.25, 0.3) is 0 Å². The van der Waals surface area contributed by atoms with Gasteiger partial charge in [-0.25, -0.2) is 4.98 Å². The van der Waals surface area contributed by atoms with Gasteiger partial charge in [0.2, 0.25) is 0 Å². The van der Waals surface area contributed by atoms with Crippen molar-refractivity contribution in [2.24, 2.45) is 5.41 Å². The molecule has 1 aromatic heterocycles. The molecule has 5 heteroatoms. The van der Waals surface area contributed by atoms with Crippen molar-refractivity contribution in [3.8, 4) is 0 Å². The van der Waals surface area contributed by atoms with Crippen LogP contribution in [0.15, 0.2) is 6.20 Å². The number of aryl methyl sites for hydroxylation is 2. The summed E-state index contributed by atoms with van der Waals surface area (Å²) in [5, 5.41) is 12.6. The number of carboxylic acid groups (broad SMARTS) is 1. The first-order valence-electron chi connectivity index (χ1n) is 6.81. The molecule has 1 saturated carbocycles. The van der Waals surface area contributed by atoms with E-state index in [1.807, 2.05) is 13.8 Å². The Morgan fingerprint density at radius 1 is 1.32 bits per heavy atom. The van der Waals surface area contributed by atoms with Crippen LogP contribution in [-0.2, 0) is 4.79 Å². The number of carboxylic acids is 1. The maximum atomic E-state index is 11.5. The average molecular weight is 263 g/mol. The van der Waals surface area contributed by atoms with Crippen molar-refractivity contribution in [3.63, 3.8) is 0 Å². The Bertz CT molecular complexity index is 468. The van der Waals surface area contributed by atoms with Crippen molar-refractivity contribution in [2.75, 3.05) is 11.9 Å². The maximum Gasteiger partial charge on any atom is 0.311 e. The van der Waals surface area contributed by atoms with E-state index < -0.39 is 11.4 Å². The van der Waals surface area contributed by atoms with Crippen LogP contribution in [0.1, 0.15) is 43.5 Å². The van der Waals surface area contributed by atoms with Crippen LogP contribution in [0, 0.1) is 19.3 Å². The van der Waals surface area contributed by atoms with Crippen molar-refractivity contribution in [1.82, 2.24) is 9.97 Å². The van der Waals surface area contributed by atoms with Gasteiger partial charge in [0, 0.05) is 6.54 Å². The summed E-state index contributed by atoms with van der Waals surface area (Å²) in [7, 11) is 0. The third-order valence-corrected chi connectivity index (χ3v) is 4.06. The highest BCUT2D eigenvalue weighted by atomic mass is 16.4. The lowest BCUT2D eigenvalue weighted by Crippen LogP contribution is -2.39.